The second kappa shape index (κ2) is 7.73. The van der Waals surface area contributed by atoms with Gasteiger partial charge in [-0.25, -0.2) is 0 Å². The van der Waals surface area contributed by atoms with Crippen LogP contribution in [0.1, 0.15) is 51.4 Å². The van der Waals surface area contributed by atoms with Crippen molar-refractivity contribution in [1.82, 2.24) is 0 Å². The van der Waals surface area contributed by atoms with Gasteiger partial charge in [-0.15, -0.1) is 0 Å². The molecule has 0 saturated carbocycles. The quantitative estimate of drug-likeness (QED) is 0.656. The van der Waals surface area contributed by atoms with E-state index in [0.29, 0.717) is 0 Å². The molecule has 2 aliphatic rings. The van der Waals surface area contributed by atoms with E-state index in [1.807, 2.05) is 0 Å². The second-order valence-electron chi connectivity index (χ2n) is 4.60. The summed E-state index contributed by atoms with van der Waals surface area (Å²) in [6, 6.07) is 0. The average molecular weight is 273 g/mol. The first-order chi connectivity index (χ1) is 8.45. The first-order valence-electron chi connectivity index (χ1n) is 6.77. The van der Waals surface area contributed by atoms with Gasteiger partial charge in [-0.1, -0.05) is 0 Å². The Morgan fingerprint density at radius 2 is 1.24 bits per heavy atom. The van der Waals surface area contributed by atoms with Crippen LogP contribution in [0, 0.1) is 0 Å². The Labute approximate surface area is 112 Å². The number of hydrogen-bond donors (Lipinski definition) is 0. The molecule has 0 spiro atoms. The van der Waals surface area contributed by atoms with Gasteiger partial charge in [0.2, 0.25) is 0 Å². The van der Waals surface area contributed by atoms with E-state index >= 15 is 0 Å². The molecular weight excluding hydrogens is 251 g/mol. The van der Waals surface area contributed by atoms with Crippen LogP contribution >= 0.6 is 0 Å². The molecule has 0 heterocycles. The summed E-state index contributed by atoms with van der Waals surface area (Å²) in [4.78, 5) is 0. The van der Waals surface area contributed by atoms with Crippen LogP contribution in [0.2, 0.25) is 0 Å². The first kappa shape index (κ1) is 12.9. The van der Waals surface area contributed by atoms with E-state index in [-0.39, 0.29) is 0 Å². The van der Waals surface area contributed by atoms with Gasteiger partial charge in [0, 0.05) is 0 Å². The van der Waals surface area contributed by atoms with E-state index in [2.05, 4.69) is 36.5 Å². The van der Waals surface area contributed by atoms with Crippen molar-refractivity contribution < 1.29 is 14.7 Å². The fourth-order valence-corrected chi connectivity index (χ4v) is 3.50. The Bertz CT molecular complexity index is 311. The summed E-state index contributed by atoms with van der Waals surface area (Å²) in [6.45, 7) is 0. The minimum atomic E-state index is 1.26. The van der Waals surface area contributed by atoms with Gasteiger partial charge in [0.25, 0.3) is 0 Å². The zero-order valence-electron chi connectivity index (χ0n) is 10.5. The molecule has 95 valence electrons. The standard InChI is InChI=1S/2C8H11.Co/c2*1-2-4-6-8-7-5-3-1;/h2*1-3H,4,6-8H2;/b2*2-1-,5-3?;. The van der Waals surface area contributed by atoms with Gasteiger partial charge in [-0.3, -0.25) is 0 Å². The molecule has 0 saturated heterocycles. The molecule has 1 heteroatoms. The van der Waals surface area contributed by atoms with Gasteiger partial charge in [0.15, 0.2) is 0 Å². The summed E-state index contributed by atoms with van der Waals surface area (Å²) in [5, 5.41) is 0. The van der Waals surface area contributed by atoms with E-state index in [9.17, 15) is 0 Å². The molecule has 0 aromatic carbocycles. The summed E-state index contributed by atoms with van der Waals surface area (Å²) in [6.07, 6.45) is 24.3. The maximum atomic E-state index is 2.34. The molecule has 0 amide bonds. The van der Waals surface area contributed by atoms with Crippen molar-refractivity contribution in [2.24, 2.45) is 0 Å². The van der Waals surface area contributed by atoms with Crippen LogP contribution in [0.15, 0.2) is 45.5 Å². The van der Waals surface area contributed by atoms with Gasteiger partial charge < -0.3 is 0 Å². The summed E-state index contributed by atoms with van der Waals surface area (Å²) in [5.41, 5.74) is 0. The zero-order chi connectivity index (χ0) is 11.8. The fraction of sp³-hybridized carbons (Fsp3) is 0.500. The normalized spacial score (nSPS) is 32.0. The van der Waals surface area contributed by atoms with Crippen LogP contribution in [0.5, 0.6) is 0 Å². The van der Waals surface area contributed by atoms with Gasteiger partial charge in [-0.05, 0) is 0 Å². The van der Waals surface area contributed by atoms with E-state index in [4.69, 9.17) is 0 Å². The molecule has 0 unspecified atom stereocenters. The van der Waals surface area contributed by atoms with Crippen molar-refractivity contribution in [2.45, 2.75) is 51.4 Å². The predicted molar refractivity (Wildman–Crippen MR) is 71.4 cm³/mol. The summed E-state index contributed by atoms with van der Waals surface area (Å²) < 4.78 is 3.19. The SMILES string of the molecule is C1=C\CCCC\[C]([Co]/[C]2=C/C=C\CCCC2)=C/1. The van der Waals surface area contributed by atoms with Crippen LogP contribution in [0.4, 0.5) is 0 Å². The molecule has 0 aliphatic heterocycles. The van der Waals surface area contributed by atoms with Crippen LogP contribution in [0.25, 0.3) is 0 Å². The molecule has 0 nitrogen and oxygen atoms in total. The Morgan fingerprint density at radius 3 is 1.76 bits per heavy atom. The molecule has 2 aliphatic carbocycles. The van der Waals surface area contributed by atoms with Crippen molar-refractivity contribution in [3.8, 4) is 0 Å². The minimum absolute atomic E-state index is 1.26. The Morgan fingerprint density at radius 1 is 0.706 bits per heavy atom. The average Bonchev–Trinajstić information content (AvgIpc) is 2.24. The van der Waals surface area contributed by atoms with Gasteiger partial charge in [0.05, 0.1) is 0 Å². The third-order valence-corrected chi connectivity index (χ3v) is 4.61. The van der Waals surface area contributed by atoms with Gasteiger partial charge in [0.1, 0.15) is 0 Å². The predicted octanol–water partition coefficient (Wildman–Crippen LogP) is 5.10. The summed E-state index contributed by atoms with van der Waals surface area (Å²) >= 11 is 1.50. The topological polar surface area (TPSA) is 0 Å². The Kier molecular flexibility index (Phi) is 5.87. The number of hydrogen-bond acceptors (Lipinski definition) is 0. The Hall–Kier alpha value is -0.534. The summed E-state index contributed by atoms with van der Waals surface area (Å²) in [7, 11) is 0. The molecular formula is C16H22Co. The van der Waals surface area contributed by atoms with Crippen molar-refractivity contribution in [3.63, 3.8) is 0 Å². The number of rotatable bonds is 2. The van der Waals surface area contributed by atoms with Crippen molar-refractivity contribution in [1.29, 1.82) is 0 Å². The van der Waals surface area contributed by atoms with Gasteiger partial charge in [-0.2, -0.15) is 0 Å². The van der Waals surface area contributed by atoms with Crippen molar-refractivity contribution in [2.75, 3.05) is 0 Å². The number of allylic oxidation sites excluding steroid dienone is 8. The Balaban J connectivity index is 1.97. The van der Waals surface area contributed by atoms with Gasteiger partial charge >= 0.3 is 112 Å². The molecule has 0 radical (unpaired) electrons. The molecule has 0 aromatic rings. The van der Waals surface area contributed by atoms with Crippen LogP contribution in [0.3, 0.4) is 0 Å². The second-order valence-corrected chi connectivity index (χ2v) is 6.20. The molecule has 0 bridgehead atoms. The van der Waals surface area contributed by atoms with Crippen LogP contribution in [-0.2, 0) is 14.7 Å². The van der Waals surface area contributed by atoms with Crippen LogP contribution in [-0.4, -0.2) is 0 Å². The van der Waals surface area contributed by atoms with Crippen molar-refractivity contribution >= 4 is 0 Å². The van der Waals surface area contributed by atoms with Crippen molar-refractivity contribution in [3.05, 3.63) is 45.5 Å². The summed E-state index contributed by atoms with van der Waals surface area (Å²) in [5.74, 6) is 0. The van der Waals surface area contributed by atoms with E-state index < -0.39 is 0 Å². The molecule has 2 rings (SSSR count). The van der Waals surface area contributed by atoms with Crippen LogP contribution < -0.4 is 0 Å². The molecule has 0 N–H and O–H groups in total. The molecule has 17 heavy (non-hydrogen) atoms. The molecule has 0 atom stereocenters. The third kappa shape index (κ3) is 5.09. The third-order valence-electron chi connectivity index (χ3n) is 3.08. The van der Waals surface area contributed by atoms with E-state index in [0.717, 1.165) is 0 Å². The first-order valence-corrected chi connectivity index (χ1v) is 7.81. The monoisotopic (exact) mass is 273 g/mol. The van der Waals surface area contributed by atoms with E-state index in [1.54, 1.807) is 9.02 Å². The molecule has 0 fully saturated rings. The van der Waals surface area contributed by atoms with E-state index in [1.165, 1.54) is 66.1 Å². The maximum absolute atomic E-state index is 2.34. The zero-order valence-corrected chi connectivity index (χ0v) is 11.5. The fourth-order valence-electron chi connectivity index (χ4n) is 2.07. The molecule has 0 aromatic heterocycles.